The Bertz CT molecular complexity index is 1080. The molecule has 0 amide bonds. The van der Waals surface area contributed by atoms with Crippen molar-refractivity contribution in [3.8, 4) is 17.4 Å². The third-order valence-electron chi connectivity index (χ3n) is 4.93. The summed E-state index contributed by atoms with van der Waals surface area (Å²) in [4.78, 5) is 16.9. The Balaban J connectivity index is 1.64. The van der Waals surface area contributed by atoms with Crippen molar-refractivity contribution in [3.05, 3.63) is 77.5 Å². The summed E-state index contributed by atoms with van der Waals surface area (Å²) in [6.07, 6.45) is -2.35. The number of halogens is 3. The minimum absolute atomic E-state index is 0.0202. The molecule has 0 fully saturated rings. The standard InChI is InChI=1S/C24H23F3N2O4/c1-29(15-17-3-7-18(8-4-17)24(25,26)27)19-9-11-22(28-14-19)33-20-10-5-16(6-12-23(30)31)13-21(20)32-2/h3-5,7-11,13-14H,6,12,15H2,1-2H3,(H,30,31). The Morgan fingerprint density at radius 2 is 1.73 bits per heavy atom. The van der Waals surface area contributed by atoms with Crippen molar-refractivity contribution >= 4 is 11.7 Å². The van der Waals surface area contributed by atoms with Gasteiger partial charge in [-0.05, 0) is 47.9 Å². The van der Waals surface area contributed by atoms with Crippen molar-refractivity contribution in [1.82, 2.24) is 4.98 Å². The van der Waals surface area contributed by atoms with Crippen LogP contribution in [0.3, 0.4) is 0 Å². The van der Waals surface area contributed by atoms with E-state index in [0.717, 1.165) is 28.9 Å². The number of ether oxygens (including phenoxy) is 2. The lowest BCUT2D eigenvalue weighted by atomic mass is 10.1. The van der Waals surface area contributed by atoms with Crippen LogP contribution in [0, 0.1) is 0 Å². The van der Waals surface area contributed by atoms with Gasteiger partial charge in [0.2, 0.25) is 5.88 Å². The molecule has 3 rings (SSSR count). The van der Waals surface area contributed by atoms with E-state index in [1.165, 1.54) is 19.2 Å². The molecule has 0 aliphatic carbocycles. The quantitative estimate of drug-likeness (QED) is 0.451. The highest BCUT2D eigenvalue weighted by Gasteiger charge is 2.29. The van der Waals surface area contributed by atoms with E-state index in [2.05, 4.69) is 4.98 Å². The second-order valence-corrected chi connectivity index (χ2v) is 7.39. The van der Waals surface area contributed by atoms with E-state index in [1.807, 2.05) is 11.9 Å². The van der Waals surface area contributed by atoms with Gasteiger partial charge in [-0.15, -0.1) is 0 Å². The molecule has 0 atom stereocenters. The summed E-state index contributed by atoms with van der Waals surface area (Å²) in [5.74, 6) is 0.360. The van der Waals surface area contributed by atoms with E-state index in [0.29, 0.717) is 30.3 Å². The molecule has 0 saturated carbocycles. The van der Waals surface area contributed by atoms with Crippen molar-refractivity contribution in [2.45, 2.75) is 25.6 Å². The summed E-state index contributed by atoms with van der Waals surface area (Å²) < 4.78 is 49.3. The average molecular weight is 460 g/mol. The first-order valence-corrected chi connectivity index (χ1v) is 10.1. The number of nitrogens with zero attached hydrogens (tertiary/aromatic N) is 2. The van der Waals surface area contributed by atoms with Gasteiger partial charge in [-0.3, -0.25) is 4.79 Å². The van der Waals surface area contributed by atoms with Crippen molar-refractivity contribution < 1.29 is 32.5 Å². The number of pyridine rings is 1. The second kappa shape index (κ2) is 10.2. The molecule has 0 saturated heterocycles. The topological polar surface area (TPSA) is 71.9 Å². The molecule has 6 nitrogen and oxygen atoms in total. The predicted molar refractivity (Wildman–Crippen MR) is 117 cm³/mol. The van der Waals surface area contributed by atoms with Crippen LogP contribution >= 0.6 is 0 Å². The van der Waals surface area contributed by atoms with E-state index in [-0.39, 0.29) is 6.42 Å². The highest BCUT2D eigenvalue weighted by atomic mass is 19.4. The van der Waals surface area contributed by atoms with Crippen LogP contribution in [0.15, 0.2) is 60.8 Å². The molecule has 3 aromatic rings. The van der Waals surface area contributed by atoms with E-state index in [9.17, 15) is 18.0 Å². The fraction of sp³-hybridized carbons (Fsp3) is 0.250. The number of benzene rings is 2. The number of carboxylic acids is 1. The second-order valence-electron chi connectivity index (χ2n) is 7.39. The zero-order chi connectivity index (χ0) is 24.0. The maximum absolute atomic E-state index is 12.7. The summed E-state index contributed by atoms with van der Waals surface area (Å²) in [7, 11) is 3.31. The molecule has 2 aromatic carbocycles. The molecule has 0 radical (unpaired) electrons. The number of carbonyl (C=O) groups is 1. The minimum Gasteiger partial charge on any atom is -0.493 e. The SMILES string of the molecule is COc1cc(CCC(=O)O)ccc1Oc1ccc(N(C)Cc2ccc(C(F)(F)F)cc2)cn1. The normalized spacial score (nSPS) is 11.2. The number of anilines is 1. The molecule has 0 aliphatic rings. The molecule has 1 aromatic heterocycles. The van der Waals surface area contributed by atoms with Crippen LogP contribution in [-0.4, -0.2) is 30.2 Å². The van der Waals surface area contributed by atoms with Gasteiger partial charge in [-0.25, -0.2) is 4.98 Å². The first-order valence-electron chi connectivity index (χ1n) is 10.1. The maximum Gasteiger partial charge on any atom is 0.416 e. The number of rotatable bonds is 9. The van der Waals surface area contributed by atoms with E-state index >= 15 is 0 Å². The van der Waals surface area contributed by atoms with Gasteiger partial charge in [0.1, 0.15) is 0 Å². The van der Waals surface area contributed by atoms with Gasteiger partial charge in [-0.1, -0.05) is 18.2 Å². The maximum atomic E-state index is 12.7. The number of methoxy groups -OCH3 is 1. The van der Waals surface area contributed by atoms with Gasteiger partial charge in [-0.2, -0.15) is 13.2 Å². The summed E-state index contributed by atoms with van der Waals surface area (Å²) in [5, 5.41) is 8.83. The third-order valence-corrected chi connectivity index (χ3v) is 4.93. The zero-order valence-electron chi connectivity index (χ0n) is 18.1. The number of aliphatic carboxylic acids is 1. The van der Waals surface area contributed by atoms with Crippen LogP contribution in [0.4, 0.5) is 18.9 Å². The predicted octanol–water partition coefficient (Wildman–Crippen LogP) is 5.55. The Labute approximate surface area is 189 Å². The molecule has 0 unspecified atom stereocenters. The lowest BCUT2D eigenvalue weighted by Crippen LogP contribution is -2.16. The van der Waals surface area contributed by atoms with Gasteiger partial charge < -0.3 is 19.5 Å². The van der Waals surface area contributed by atoms with Crippen molar-refractivity contribution in [2.24, 2.45) is 0 Å². The number of aromatic nitrogens is 1. The molecule has 1 N–H and O–H groups in total. The van der Waals surface area contributed by atoms with E-state index < -0.39 is 17.7 Å². The lowest BCUT2D eigenvalue weighted by Gasteiger charge is -2.19. The summed E-state index contributed by atoms with van der Waals surface area (Å²) in [6, 6.07) is 13.7. The molecule has 1 heterocycles. The first-order chi connectivity index (χ1) is 15.7. The number of aryl methyl sites for hydroxylation is 1. The molecular formula is C24H23F3N2O4. The Morgan fingerprint density at radius 3 is 2.30 bits per heavy atom. The average Bonchev–Trinajstić information content (AvgIpc) is 2.78. The van der Waals surface area contributed by atoms with Gasteiger partial charge in [0.05, 0.1) is 24.6 Å². The molecule has 174 valence electrons. The fourth-order valence-corrected chi connectivity index (χ4v) is 3.14. The monoisotopic (exact) mass is 460 g/mol. The third kappa shape index (κ3) is 6.61. The van der Waals surface area contributed by atoms with Gasteiger partial charge in [0, 0.05) is 26.1 Å². The van der Waals surface area contributed by atoms with E-state index in [4.69, 9.17) is 14.6 Å². The summed E-state index contributed by atoms with van der Waals surface area (Å²) >= 11 is 0. The van der Waals surface area contributed by atoms with E-state index in [1.54, 1.807) is 36.5 Å². The molecule has 0 spiro atoms. The van der Waals surface area contributed by atoms with Crippen molar-refractivity contribution in [3.63, 3.8) is 0 Å². The Morgan fingerprint density at radius 1 is 1.03 bits per heavy atom. The highest BCUT2D eigenvalue weighted by Crippen LogP contribution is 2.33. The van der Waals surface area contributed by atoms with Crippen LogP contribution in [0.2, 0.25) is 0 Å². The molecule has 33 heavy (non-hydrogen) atoms. The van der Waals surface area contributed by atoms with Crippen LogP contribution < -0.4 is 14.4 Å². The number of alkyl halides is 3. The molecule has 0 aliphatic heterocycles. The van der Waals surface area contributed by atoms with Gasteiger partial charge >= 0.3 is 12.1 Å². The zero-order valence-corrected chi connectivity index (χ0v) is 18.1. The minimum atomic E-state index is -4.36. The van der Waals surface area contributed by atoms with Crippen LogP contribution in [0.1, 0.15) is 23.1 Å². The molecule has 0 bridgehead atoms. The molecule has 9 heteroatoms. The fourth-order valence-electron chi connectivity index (χ4n) is 3.14. The Hall–Kier alpha value is -3.75. The lowest BCUT2D eigenvalue weighted by molar-refractivity contribution is -0.138. The van der Waals surface area contributed by atoms with Gasteiger partial charge in [0.25, 0.3) is 0 Å². The highest BCUT2D eigenvalue weighted by molar-refractivity contribution is 5.67. The van der Waals surface area contributed by atoms with Crippen molar-refractivity contribution in [1.29, 1.82) is 0 Å². The smallest absolute Gasteiger partial charge is 0.416 e. The number of hydrogen-bond donors (Lipinski definition) is 1. The van der Waals surface area contributed by atoms with Crippen LogP contribution in [0.25, 0.3) is 0 Å². The summed E-state index contributed by atoms with van der Waals surface area (Å²) in [6.45, 7) is 0.408. The van der Waals surface area contributed by atoms with Crippen molar-refractivity contribution in [2.75, 3.05) is 19.1 Å². The Kier molecular flexibility index (Phi) is 7.42. The number of carboxylic acid groups (broad SMARTS) is 1. The summed E-state index contributed by atoms with van der Waals surface area (Å²) in [5.41, 5.74) is 1.63. The first kappa shape index (κ1) is 23.9. The van der Waals surface area contributed by atoms with Crippen LogP contribution in [0.5, 0.6) is 17.4 Å². The number of hydrogen-bond acceptors (Lipinski definition) is 5. The van der Waals surface area contributed by atoms with Crippen LogP contribution in [-0.2, 0) is 23.9 Å². The largest absolute Gasteiger partial charge is 0.493 e. The molecular weight excluding hydrogens is 437 g/mol. The van der Waals surface area contributed by atoms with Gasteiger partial charge in [0.15, 0.2) is 11.5 Å².